The molecule has 0 radical (unpaired) electrons. The maximum Gasteiger partial charge on any atom is 0.213 e. The van der Waals surface area contributed by atoms with E-state index in [2.05, 4.69) is 26.1 Å². The van der Waals surface area contributed by atoms with Crippen molar-refractivity contribution >= 4 is 33.6 Å². The summed E-state index contributed by atoms with van der Waals surface area (Å²) in [6, 6.07) is 23.1. The molecule has 0 aliphatic rings. The van der Waals surface area contributed by atoms with E-state index in [-0.39, 0.29) is 17.2 Å². The number of ketones is 1. The predicted octanol–water partition coefficient (Wildman–Crippen LogP) is 4.86. The molecule has 4 nitrogen and oxygen atoms in total. The summed E-state index contributed by atoms with van der Waals surface area (Å²) in [6.07, 6.45) is 1.42. The van der Waals surface area contributed by atoms with Crippen molar-refractivity contribution in [2.24, 2.45) is 10.2 Å². The van der Waals surface area contributed by atoms with Gasteiger partial charge in [-0.2, -0.15) is 5.10 Å². The summed E-state index contributed by atoms with van der Waals surface area (Å²) in [5, 5.41) is 18.1. The number of phenolic OH excluding ortho intramolecular Hbond substituents is 1. The summed E-state index contributed by atoms with van der Waals surface area (Å²) in [6.45, 7) is 0. The molecule has 0 heterocycles. The molecule has 0 spiro atoms. The van der Waals surface area contributed by atoms with Gasteiger partial charge in [-0.05, 0) is 18.2 Å². The lowest BCUT2D eigenvalue weighted by molar-refractivity contribution is 0.106. The fourth-order valence-corrected chi connectivity index (χ4v) is 2.71. The minimum Gasteiger partial charge on any atom is -0.507 e. The summed E-state index contributed by atoms with van der Waals surface area (Å²) in [7, 11) is 0. The molecule has 1 N–H and O–H groups in total. The number of carbonyl (C=O) groups is 1. The normalized spacial score (nSPS) is 11.7. The molecule has 0 aromatic heterocycles. The molecule has 0 aliphatic heterocycles. The van der Waals surface area contributed by atoms with Gasteiger partial charge in [-0.3, -0.25) is 4.79 Å². The van der Waals surface area contributed by atoms with E-state index in [4.69, 9.17) is 0 Å². The molecule has 0 unspecified atom stereocenters. The van der Waals surface area contributed by atoms with Crippen LogP contribution in [0.3, 0.4) is 0 Å². The number of benzene rings is 3. The summed E-state index contributed by atoms with van der Waals surface area (Å²) in [4.78, 5) is 12.8. The van der Waals surface area contributed by atoms with E-state index in [0.29, 0.717) is 16.7 Å². The zero-order valence-electron chi connectivity index (χ0n) is 13.7. The van der Waals surface area contributed by atoms with Gasteiger partial charge in [0.05, 0.1) is 6.21 Å². The quantitative estimate of drug-likeness (QED) is 0.373. The lowest BCUT2D eigenvalue weighted by Gasteiger charge is -2.04. The van der Waals surface area contributed by atoms with Crippen molar-refractivity contribution < 1.29 is 9.90 Å². The zero-order valence-corrected chi connectivity index (χ0v) is 15.3. The maximum atomic E-state index is 12.8. The molecule has 0 amide bonds. The van der Waals surface area contributed by atoms with Gasteiger partial charge < -0.3 is 5.11 Å². The molecule has 3 aromatic rings. The smallest absolute Gasteiger partial charge is 0.213 e. The van der Waals surface area contributed by atoms with Crippen molar-refractivity contribution in [3.8, 4) is 5.75 Å². The van der Waals surface area contributed by atoms with Crippen LogP contribution in [0.25, 0.3) is 0 Å². The highest BCUT2D eigenvalue weighted by Crippen LogP contribution is 2.20. The monoisotopic (exact) mass is 406 g/mol. The van der Waals surface area contributed by atoms with Crippen LogP contribution in [0.5, 0.6) is 5.75 Å². The Morgan fingerprint density at radius 3 is 2.15 bits per heavy atom. The Morgan fingerprint density at radius 2 is 1.50 bits per heavy atom. The van der Waals surface area contributed by atoms with E-state index < -0.39 is 0 Å². The molecule has 26 heavy (non-hydrogen) atoms. The minimum atomic E-state index is -0.215. The molecule has 3 rings (SSSR count). The minimum absolute atomic E-state index is 0.0859. The molecule has 0 atom stereocenters. The molecule has 5 heteroatoms. The topological polar surface area (TPSA) is 62.0 Å². The van der Waals surface area contributed by atoms with E-state index in [1.165, 1.54) is 6.21 Å². The van der Waals surface area contributed by atoms with Crippen LogP contribution in [0.4, 0.5) is 0 Å². The van der Waals surface area contributed by atoms with Gasteiger partial charge >= 0.3 is 0 Å². The average Bonchev–Trinajstić information content (AvgIpc) is 2.69. The highest BCUT2D eigenvalue weighted by molar-refractivity contribution is 9.10. The number of halogens is 1. The van der Waals surface area contributed by atoms with Crippen molar-refractivity contribution in [1.82, 2.24) is 0 Å². The van der Waals surface area contributed by atoms with E-state index in [1.807, 2.05) is 36.4 Å². The number of rotatable bonds is 5. The maximum absolute atomic E-state index is 12.8. The Kier molecular flexibility index (Phi) is 5.71. The lowest BCUT2D eigenvalue weighted by Crippen LogP contribution is -2.15. The van der Waals surface area contributed by atoms with Gasteiger partial charge in [-0.15, -0.1) is 5.10 Å². The van der Waals surface area contributed by atoms with Gasteiger partial charge in [0.2, 0.25) is 5.78 Å². The Balaban J connectivity index is 1.98. The second-order valence-corrected chi connectivity index (χ2v) is 6.37. The lowest BCUT2D eigenvalue weighted by atomic mass is 10.0. The van der Waals surface area contributed by atoms with Gasteiger partial charge in [-0.1, -0.05) is 76.6 Å². The van der Waals surface area contributed by atoms with Crippen LogP contribution in [-0.4, -0.2) is 22.8 Å². The zero-order chi connectivity index (χ0) is 18.4. The molecule has 0 saturated carbocycles. The molecule has 128 valence electrons. The van der Waals surface area contributed by atoms with Crippen molar-refractivity contribution in [3.05, 3.63) is 100 Å². The van der Waals surface area contributed by atoms with Gasteiger partial charge in [0, 0.05) is 21.2 Å². The Morgan fingerprint density at radius 1 is 0.885 bits per heavy atom. The van der Waals surface area contributed by atoms with Crippen LogP contribution >= 0.6 is 15.9 Å². The van der Waals surface area contributed by atoms with Crippen molar-refractivity contribution in [2.75, 3.05) is 0 Å². The fourth-order valence-electron chi connectivity index (χ4n) is 2.33. The van der Waals surface area contributed by atoms with Crippen LogP contribution in [0.15, 0.2) is 93.5 Å². The van der Waals surface area contributed by atoms with Crippen LogP contribution in [-0.2, 0) is 0 Å². The van der Waals surface area contributed by atoms with E-state index in [0.717, 1.165) is 4.47 Å². The number of hydrogen-bond acceptors (Lipinski definition) is 4. The van der Waals surface area contributed by atoms with Gasteiger partial charge in [-0.25, -0.2) is 0 Å². The number of carbonyl (C=O) groups excluding carboxylic acids is 1. The fraction of sp³-hybridized carbons (Fsp3) is 0. The van der Waals surface area contributed by atoms with Crippen LogP contribution < -0.4 is 0 Å². The third-order valence-corrected chi connectivity index (χ3v) is 4.14. The Labute approximate surface area is 159 Å². The van der Waals surface area contributed by atoms with E-state index in [1.54, 1.807) is 42.5 Å². The molecule has 0 aliphatic carbocycles. The van der Waals surface area contributed by atoms with Gasteiger partial charge in [0.1, 0.15) is 11.5 Å². The summed E-state index contributed by atoms with van der Waals surface area (Å²) in [5.74, 6) is -0.129. The largest absolute Gasteiger partial charge is 0.507 e. The van der Waals surface area contributed by atoms with Crippen LogP contribution in [0.1, 0.15) is 21.5 Å². The number of phenols is 1. The second-order valence-electron chi connectivity index (χ2n) is 5.46. The second kappa shape index (κ2) is 8.36. The molecule has 0 fully saturated rings. The molecular weight excluding hydrogens is 392 g/mol. The summed E-state index contributed by atoms with van der Waals surface area (Å²) >= 11 is 3.34. The standard InChI is InChI=1S/C21H15BrN2O2/c22-18-11-12-19(25)17(13-18)14-23-24-20(15-7-3-1-4-8-15)21(26)16-9-5-2-6-10-16/h1-14,25H. The Bertz CT molecular complexity index is 968. The Hall–Kier alpha value is -3.05. The molecule has 0 saturated heterocycles. The molecule has 3 aromatic carbocycles. The first-order valence-electron chi connectivity index (χ1n) is 7.90. The van der Waals surface area contributed by atoms with Crippen molar-refractivity contribution in [3.63, 3.8) is 0 Å². The number of Topliss-reactive ketones (excluding diaryl/α,β-unsaturated/α-hetero) is 1. The third-order valence-electron chi connectivity index (χ3n) is 3.64. The molecule has 0 bridgehead atoms. The summed E-state index contributed by atoms with van der Waals surface area (Å²) < 4.78 is 0.810. The first-order chi connectivity index (χ1) is 12.6. The molecular formula is C21H15BrN2O2. The average molecular weight is 407 g/mol. The van der Waals surface area contributed by atoms with Crippen molar-refractivity contribution in [2.45, 2.75) is 0 Å². The first kappa shape index (κ1) is 17.8. The summed E-state index contributed by atoms with van der Waals surface area (Å²) in [5.41, 5.74) is 1.96. The van der Waals surface area contributed by atoms with E-state index in [9.17, 15) is 9.90 Å². The van der Waals surface area contributed by atoms with E-state index >= 15 is 0 Å². The van der Waals surface area contributed by atoms with Crippen molar-refractivity contribution in [1.29, 1.82) is 0 Å². The first-order valence-corrected chi connectivity index (χ1v) is 8.69. The predicted molar refractivity (Wildman–Crippen MR) is 107 cm³/mol. The number of hydrogen-bond donors (Lipinski definition) is 1. The number of aromatic hydroxyl groups is 1. The highest BCUT2D eigenvalue weighted by atomic mass is 79.9. The third kappa shape index (κ3) is 4.32. The van der Waals surface area contributed by atoms with Gasteiger partial charge in [0.25, 0.3) is 0 Å². The van der Waals surface area contributed by atoms with Gasteiger partial charge in [0.15, 0.2) is 0 Å². The van der Waals surface area contributed by atoms with Crippen LogP contribution in [0, 0.1) is 0 Å². The number of nitrogens with zero attached hydrogens (tertiary/aromatic N) is 2. The SMILES string of the molecule is O=C(C(=NN=Cc1cc(Br)ccc1O)c1ccccc1)c1ccccc1. The van der Waals surface area contributed by atoms with Crippen LogP contribution in [0.2, 0.25) is 0 Å². The highest BCUT2D eigenvalue weighted by Gasteiger charge is 2.16.